The zero-order valence-corrected chi connectivity index (χ0v) is 17.7. The Hall–Kier alpha value is -3.60. The van der Waals surface area contributed by atoms with Gasteiger partial charge in [0.25, 0.3) is 0 Å². The van der Waals surface area contributed by atoms with Crippen LogP contribution in [0.5, 0.6) is 0 Å². The molecule has 1 heterocycles. The van der Waals surface area contributed by atoms with E-state index in [-0.39, 0.29) is 17.9 Å². The number of fused-ring (bicyclic) bond motifs is 3. The fourth-order valence-corrected chi connectivity index (χ4v) is 5.01. The first kappa shape index (κ1) is 20.3. The lowest BCUT2D eigenvalue weighted by Gasteiger charge is -2.32. The van der Waals surface area contributed by atoms with Crippen LogP contribution in [0.4, 0.5) is 4.79 Å². The maximum atomic E-state index is 12.8. The lowest BCUT2D eigenvalue weighted by Crippen LogP contribution is -2.38. The minimum atomic E-state index is -0.914. The van der Waals surface area contributed by atoms with Gasteiger partial charge in [0.2, 0.25) is 0 Å². The van der Waals surface area contributed by atoms with Gasteiger partial charge in [-0.25, -0.2) is 9.59 Å². The fraction of sp³-hybridized carbons (Fsp3) is 0.259. The number of carbonyl (C=O) groups is 2. The average Bonchev–Trinajstić information content (AvgIpc) is 3.16. The van der Waals surface area contributed by atoms with Crippen molar-refractivity contribution >= 4 is 12.1 Å². The second kappa shape index (κ2) is 8.50. The van der Waals surface area contributed by atoms with Crippen LogP contribution in [0, 0.1) is 0 Å². The number of benzene rings is 3. The molecule has 0 spiro atoms. The van der Waals surface area contributed by atoms with E-state index in [0.29, 0.717) is 25.3 Å². The number of hydrogen-bond donors (Lipinski definition) is 1. The van der Waals surface area contributed by atoms with E-state index in [1.54, 1.807) is 23.1 Å². The van der Waals surface area contributed by atoms with E-state index in [0.717, 1.165) is 18.4 Å². The third-order valence-electron chi connectivity index (χ3n) is 6.69. The van der Waals surface area contributed by atoms with E-state index in [1.165, 1.54) is 22.3 Å². The van der Waals surface area contributed by atoms with Gasteiger partial charge in [-0.05, 0) is 58.7 Å². The molecule has 0 unspecified atom stereocenters. The molecule has 0 atom stereocenters. The summed E-state index contributed by atoms with van der Waals surface area (Å²) in [5.41, 5.74) is 6.18. The van der Waals surface area contributed by atoms with Crippen molar-refractivity contribution in [2.45, 2.75) is 24.7 Å². The summed E-state index contributed by atoms with van der Waals surface area (Å²) in [5, 5.41) is 9.22. The smallest absolute Gasteiger partial charge is 0.409 e. The van der Waals surface area contributed by atoms with Crippen molar-refractivity contribution in [1.29, 1.82) is 0 Å². The molecule has 162 valence electrons. The van der Waals surface area contributed by atoms with Gasteiger partial charge in [-0.1, -0.05) is 60.7 Å². The summed E-state index contributed by atoms with van der Waals surface area (Å²) in [7, 11) is 0. The topological polar surface area (TPSA) is 66.8 Å². The zero-order valence-electron chi connectivity index (χ0n) is 17.7. The number of hydrogen-bond acceptors (Lipinski definition) is 3. The Kier molecular flexibility index (Phi) is 5.39. The number of rotatable bonds is 4. The molecular weight excluding hydrogens is 402 g/mol. The van der Waals surface area contributed by atoms with E-state index in [4.69, 9.17) is 4.74 Å². The molecule has 5 rings (SSSR count). The summed E-state index contributed by atoms with van der Waals surface area (Å²) in [6.07, 6.45) is 1.32. The number of nitrogens with zero attached hydrogens (tertiary/aromatic N) is 1. The lowest BCUT2D eigenvalue weighted by atomic mass is 9.89. The molecule has 1 aliphatic heterocycles. The molecule has 1 saturated heterocycles. The van der Waals surface area contributed by atoms with E-state index in [9.17, 15) is 14.7 Å². The molecule has 2 aliphatic rings. The maximum absolute atomic E-state index is 12.8. The highest BCUT2D eigenvalue weighted by Crippen LogP contribution is 2.44. The van der Waals surface area contributed by atoms with Crippen LogP contribution in [0.3, 0.4) is 0 Å². The predicted molar refractivity (Wildman–Crippen MR) is 122 cm³/mol. The predicted octanol–water partition coefficient (Wildman–Crippen LogP) is 5.51. The molecule has 1 fully saturated rings. The molecule has 1 aliphatic carbocycles. The largest absolute Gasteiger partial charge is 0.478 e. The molecule has 5 nitrogen and oxygen atoms in total. The molecule has 0 saturated carbocycles. The van der Waals surface area contributed by atoms with Gasteiger partial charge in [0.1, 0.15) is 6.61 Å². The van der Waals surface area contributed by atoms with E-state index in [1.807, 2.05) is 30.3 Å². The van der Waals surface area contributed by atoms with Crippen molar-refractivity contribution in [2.24, 2.45) is 0 Å². The Bertz CT molecular complexity index is 1120. The summed E-state index contributed by atoms with van der Waals surface area (Å²) in [4.78, 5) is 25.8. The van der Waals surface area contributed by atoms with Gasteiger partial charge >= 0.3 is 12.1 Å². The Morgan fingerprint density at radius 2 is 1.50 bits per heavy atom. The first-order valence-electron chi connectivity index (χ1n) is 11.0. The molecule has 0 aromatic heterocycles. The summed E-state index contributed by atoms with van der Waals surface area (Å²) in [6, 6.07) is 23.7. The lowest BCUT2D eigenvalue weighted by molar-refractivity contribution is 0.0696. The maximum Gasteiger partial charge on any atom is 0.409 e. The summed E-state index contributed by atoms with van der Waals surface area (Å²) < 4.78 is 5.78. The second-order valence-electron chi connectivity index (χ2n) is 8.50. The van der Waals surface area contributed by atoms with Crippen molar-refractivity contribution in [2.75, 3.05) is 19.7 Å². The van der Waals surface area contributed by atoms with Gasteiger partial charge in [-0.3, -0.25) is 0 Å². The van der Waals surface area contributed by atoms with Crippen molar-refractivity contribution in [3.05, 3.63) is 95.1 Å². The third kappa shape index (κ3) is 3.75. The fourth-order valence-electron chi connectivity index (χ4n) is 5.01. The number of aromatic carboxylic acids is 1. The van der Waals surface area contributed by atoms with E-state index < -0.39 is 5.97 Å². The number of amides is 1. The van der Waals surface area contributed by atoms with Crippen molar-refractivity contribution in [1.82, 2.24) is 4.90 Å². The number of carboxylic acid groups (broad SMARTS) is 1. The van der Waals surface area contributed by atoms with Gasteiger partial charge < -0.3 is 14.7 Å². The Labute approximate surface area is 187 Å². The number of piperidine rings is 1. The van der Waals surface area contributed by atoms with Crippen molar-refractivity contribution in [3.8, 4) is 11.1 Å². The highest BCUT2D eigenvalue weighted by Gasteiger charge is 2.30. The van der Waals surface area contributed by atoms with E-state index in [2.05, 4.69) is 24.3 Å². The Balaban J connectivity index is 1.21. The summed E-state index contributed by atoms with van der Waals surface area (Å²) in [6.45, 7) is 1.55. The SMILES string of the molecule is O=C(O)c1cccc(C2CCN(C(=O)OCC3c4ccccc4-c4ccccc43)CC2)c1. The van der Waals surface area contributed by atoms with Crippen LogP contribution in [0.2, 0.25) is 0 Å². The van der Waals surface area contributed by atoms with Crippen LogP contribution in [-0.4, -0.2) is 41.8 Å². The van der Waals surface area contributed by atoms with Gasteiger partial charge in [0.05, 0.1) is 5.56 Å². The molecule has 32 heavy (non-hydrogen) atoms. The van der Waals surface area contributed by atoms with Crippen LogP contribution >= 0.6 is 0 Å². The standard InChI is InChI=1S/C27H25NO4/c29-26(30)20-7-5-6-19(16-20)18-12-14-28(15-13-18)27(31)32-17-25-23-10-3-1-8-21(23)22-9-2-4-11-24(22)25/h1-11,16,18,25H,12-15,17H2,(H,29,30). The van der Waals surface area contributed by atoms with Crippen LogP contribution in [-0.2, 0) is 4.74 Å². The number of carboxylic acids is 1. The van der Waals surface area contributed by atoms with Gasteiger partial charge in [-0.2, -0.15) is 0 Å². The van der Waals surface area contributed by atoms with Gasteiger partial charge in [0, 0.05) is 19.0 Å². The van der Waals surface area contributed by atoms with Crippen LogP contribution in [0.25, 0.3) is 11.1 Å². The first-order valence-corrected chi connectivity index (χ1v) is 11.0. The minimum Gasteiger partial charge on any atom is -0.478 e. The molecule has 1 amide bonds. The van der Waals surface area contributed by atoms with Crippen molar-refractivity contribution in [3.63, 3.8) is 0 Å². The van der Waals surface area contributed by atoms with E-state index >= 15 is 0 Å². The number of likely N-dealkylation sites (tertiary alicyclic amines) is 1. The molecule has 3 aromatic rings. The third-order valence-corrected chi connectivity index (χ3v) is 6.69. The number of ether oxygens (including phenoxy) is 1. The average molecular weight is 428 g/mol. The minimum absolute atomic E-state index is 0.0580. The summed E-state index contributed by atoms with van der Waals surface area (Å²) in [5.74, 6) is -0.600. The van der Waals surface area contributed by atoms with Gasteiger partial charge in [-0.15, -0.1) is 0 Å². The zero-order chi connectivity index (χ0) is 22.1. The molecule has 0 bridgehead atoms. The highest BCUT2D eigenvalue weighted by molar-refractivity contribution is 5.87. The van der Waals surface area contributed by atoms with Crippen molar-refractivity contribution < 1.29 is 19.4 Å². The van der Waals surface area contributed by atoms with Crippen LogP contribution in [0.1, 0.15) is 51.7 Å². The van der Waals surface area contributed by atoms with Gasteiger partial charge in [0.15, 0.2) is 0 Å². The monoisotopic (exact) mass is 427 g/mol. The second-order valence-corrected chi connectivity index (χ2v) is 8.50. The number of carbonyl (C=O) groups excluding carboxylic acids is 1. The molecule has 0 radical (unpaired) electrons. The Morgan fingerprint density at radius 1 is 0.875 bits per heavy atom. The quantitative estimate of drug-likeness (QED) is 0.596. The normalized spacial score (nSPS) is 15.8. The molecular formula is C27H25NO4. The first-order chi connectivity index (χ1) is 15.6. The highest BCUT2D eigenvalue weighted by atomic mass is 16.6. The molecule has 5 heteroatoms. The van der Waals surface area contributed by atoms with Crippen LogP contribution < -0.4 is 0 Å². The molecule has 1 N–H and O–H groups in total. The van der Waals surface area contributed by atoms with Crippen LogP contribution in [0.15, 0.2) is 72.8 Å². The Morgan fingerprint density at radius 3 is 2.12 bits per heavy atom. The molecule has 3 aromatic carbocycles. The summed E-state index contributed by atoms with van der Waals surface area (Å²) >= 11 is 0.